The molecular weight excluding hydrogens is 246 g/mol. The SMILES string of the molecule is NS(=O)(=O)c1ccc(NC2=NCCS2)cc1. The lowest BCUT2D eigenvalue weighted by atomic mass is 10.3. The van der Waals surface area contributed by atoms with Crippen LogP contribution in [0.3, 0.4) is 0 Å². The van der Waals surface area contributed by atoms with Gasteiger partial charge in [0.1, 0.15) is 0 Å². The second-order valence-electron chi connectivity index (χ2n) is 3.23. The Bertz CT molecular complexity index is 508. The van der Waals surface area contributed by atoms with Crippen LogP contribution >= 0.6 is 11.8 Å². The second kappa shape index (κ2) is 4.44. The fourth-order valence-corrected chi connectivity index (χ4v) is 2.53. The van der Waals surface area contributed by atoms with Crippen LogP contribution < -0.4 is 10.5 Å². The molecule has 5 nitrogen and oxygen atoms in total. The third-order valence-corrected chi connectivity index (χ3v) is 3.84. The van der Waals surface area contributed by atoms with E-state index in [1.54, 1.807) is 23.9 Å². The number of sulfonamides is 1. The summed E-state index contributed by atoms with van der Waals surface area (Å²) in [6, 6.07) is 6.28. The van der Waals surface area contributed by atoms with Crippen LogP contribution in [-0.2, 0) is 10.0 Å². The third kappa shape index (κ3) is 2.75. The lowest BCUT2D eigenvalue weighted by Gasteiger charge is -2.05. The minimum Gasteiger partial charge on any atom is -0.335 e. The lowest BCUT2D eigenvalue weighted by Crippen LogP contribution is -2.12. The van der Waals surface area contributed by atoms with Crippen molar-refractivity contribution in [2.24, 2.45) is 10.1 Å². The monoisotopic (exact) mass is 257 g/mol. The zero-order valence-electron chi connectivity index (χ0n) is 8.38. The molecule has 0 aliphatic carbocycles. The fourth-order valence-electron chi connectivity index (χ4n) is 1.26. The predicted octanol–water partition coefficient (Wildman–Crippen LogP) is 0.849. The van der Waals surface area contributed by atoms with Gasteiger partial charge in [0.25, 0.3) is 0 Å². The van der Waals surface area contributed by atoms with E-state index >= 15 is 0 Å². The van der Waals surface area contributed by atoms with Gasteiger partial charge in [0.05, 0.1) is 11.4 Å². The zero-order valence-corrected chi connectivity index (χ0v) is 10.0. The molecule has 0 atom stereocenters. The first-order valence-corrected chi connectivity index (χ1v) is 7.16. The number of primary sulfonamides is 1. The smallest absolute Gasteiger partial charge is 0.238 e. The Morgan fingerprint density at radius 1 is 1.31 bits per heavy atom. The van der Waals surface area contributed by atoms with Gasteiger partial charge in [0.15, 0.2) is 5.17 Å². The highest BCUT2D eigenvalue weighted by molar-refractivity contribution is 8.14. The standard InChI is InChI=1S/C9H11N3O2S2/c10-16(13,14)8-3-1-7(2-4-8)12-9-11-5-6-15-9/h1-4H,5-6H2,(H,11,12)(H2,10,13,14). The summed E-state index contributed by atoms with van der Waals surface area (Å²) in [5, 5.41) is 8.96. The quantitative estimate of drug-likeness (QED) is 0.822. The molecule has 7 heteroatoms. The number of nitrogens with two attached hydrogens (primary N) is 1. The first-order valence-electron chi connectivity index (χ1n) is 4.63. The molecule has 1 aliphatic heterocycles. The molecule has 0 unspecified atom stereocenters. The van der Waals surface area contributed by atoms with Gasteiger partial charge in [-0.15, -0.1) is 0 Å². The van der Waals surface area contributed by atoms with E-state index in [1.807, 2.05) is 0 Å². The summed E-state index contributed by atoms with van der Waals surface area (Å²) < 4.78 is 22.0. The normalized spacial score (nSPS) is 15.9. The lowest BCUT2D eigenvalue weighted by molar-refractivity contribution is 0.598. The Hall–Kier alpha value is -1.05. The first kappa shape index (κ1) is 11.4. The molecule has 1 aliphatic rings. The maximum Gasteiger partial charge on any atom is 0.238 e. The van der Waals surface area contributed by atoms with Crippen LogP contribution in [0, 0.1) is 0 Å². The molecule has 0 radical (unpaired) electrons. The summed E-state index contributed by atoms with van der Waals surface area (Å²) in [4.78, 5) is 4.34. The maximum absolute atomic E-state index is 11.0. The number of nitrogens with one attached hydrogen (secondary N) is 1. The Kier molecular flexibility index (Phi) is 3.17. The molecule has 0 bridgehead atoms. The summed E-state index contributed by atoms with van der Waals surface area (Å²) in [6.45, 7) is 0.822. The van der Waals surface area contributed by atoms with Crippen molar-refractivity contribution < 1.29 is 8.42 Å². The van der Waals surface area contributed by atoms with Gasteiger partial charge >= 0.3 is 0 Å². The van der Waals surface area contributed by atoms with Crippen molar-refractivity contribution in [2.75, 3.05) is 17.6 Å². The number of nitrogens with zero attached hydrogens (tertiary/aromatic N) is 1. The zero-order chi connectivity index (χ0) is 11.6. The van der Waals surface area contributed by atoms with Crippen molar-refractivity contribution in [2.45, 2.75) is 4.90 Å². The number of benzene rings is 1. The van der Waals surface area contributed by atoms with E-state index in [9.17, 15) is 8.42 Å². The van der Waals surface area contributed by atoms with E-state index in [1.165, 1.54) is 12.1 Å². The van der Waals surface area contributed by atoms with Gasteiger partial charge in [-0.2, -0.15) is 0 Å². The molecule has 1 heterocycles. The highest BCUT2D eigenvalue weighted by Crippen LogP contribution is 2.17. The van der Waals surface area contributed by atoms with Gasteiger partial charge in [0, 0.05) is 11.4 Å². The molecule has 1 aromatic carbocycles. The van der Waals surface area contributed by atoms with Crippen molar-refractivity contribution in [3.8, 4) is 0 Å². The number of rotatable bonds is 2. The van der Waals surface area contributed by atoms with Crippen LogP contribution in [0.5, 0.6) is 0 Å². The van der Waals surface area contributed by atoms with Crippen molar-refractivity contribution in [1.82, 2.24) is 0 Å². The maximum atomic E-state index is 11.0. The number of hydrogen-bond acceptors (Lipinski definition) is 5. The van der Waals surface area contributed by atoms with Crippen molar-refractivity contribution in [1.29, 1.82) is 0 Å². The van der Waals surface area contributed by atoms with E-state index in [0.717, 1.165) is 23.2 Å². The van der Waals surface area contributed by atoms with E-state index in [-0.39, 0.29) is 4.90 Å². The number of amidine groups is 1. The largest absolute Gasteiger partial charge is 0.335 e. The summed E-state index contributed by atoms with van der Waals surface area (Å²) in [5.41, 5.74) is 0.806. The van der Waals surface area contributed by atoms with Crippen molar-refractivity contribution in [3.63, 3.8) is 0 Å². The van der Waals surface area contributed by atoms with E-state index in [2.05, 4.69) is 10.3 Å². The number of hydrogen-bond donors (Lipinski definition) is 2. The summed E-state index contributed by atoms with van der Waals surface area (Å²) >= 11 is 1.64. The number of anilines is 1. The topological polar surface area (TPSA) is 84.5 Å². The van der Waals surface area contributed by atoms with Crippen molar-refractivity contribution in [3.05, 3.63) is 24.3 Å². The van der Waals surface area contributed by atoms with E-state index < -0.39 is 10.0 Å². The van der Waals surface area contributed by atoms with Crippen LogP contribution in [0.2, 0.25) is 0 Å². The molecule has 0 saturated carbocycles. The number of thioether (sulfide) groups is 1. The second-order valence-corrected chi connectivity index (χ2v) is 5.87. The third-order valence-electron chi connectivity index (χ3n) is 2.02. The van der Waals surface area contributed by atoms with Gasteiger partial charge in [-0.05, 0) is 24.3 Å². The van der Waals surface area contributed by atoms with Crippen LogP contribution in [0.1, 0.15) is 0 Å². The molecule has 0 aromatic heterocycles. The van der Waals surface area contributed by atoms with Gasteiger partial charge in [-0.3, -0.25) is 4.99 Å². The van der Waals surface area contributed by atoms with Gasteiger partial charge in [-0.25, -0.2) is 13.6 Å². The van der Waals surface area contributed by atoms with Gasteiger partial charge < -0.3 is 5.32 Å². The van der Waals surface area contributed by atoms with Crippen LogP contribution in [0.15, 0.2) is 34.2 Å². The summed E-state index contributed by atoms with van der Waals surface area (Å²) in [5.74, 6) is 0.984. The van der Waals surface area contributed by atoms with Crippen LogP contribution in [0.4, 0.5) is 5.69 Å². The Balaban J connectivity index is 2.13. The molecule has 0 spiro atoms. The van der Waals surface area contributed by atoms with Crippen LogP contribution in [-0.4, -0.2) is 25.9 Å². The van der Waals surface area contributed by atoms with Gasteiger partial charge in [0.2, 0.25) is 10.0 Å². The van der Waals surface area contributed by atoms with E-state index in [0.29, 0.717) is 0 Å². The minimum atomic E-state index is -3.61. The predicted molar refractivity (Wildman–Crippen MR) is 66.2 cm³/mol. The van der Waals surface area contributed by atoms with Crippen LogP contribution in [0.25, 0.3) is 0 Å². The Morgan fingerprint density at radius 3 is 2.50 bits per heavy atom. The molecular formula is C9H11N3O2S2. The summed E-state index contributed by atoms with van der Waals surface area (Å²) in [7, 11) is -3.61. The highest BCUT2D eigenvalue weighted by atomic mass is 32.2. The minimum absolute atomic E-state index is 0.110. The Labute approximate surface area is 98.2 Å². The van der Waals surface area contributed by atoms with Crippen molar-refractivity contribution >= 4 is 32.6 Å². The molecule has 16 heavy (non-hydrogen) atoms. The molecule has 1 aromatic rings. The van der Waals surface area contributed by atoms with Gasteiger partial charge in [-0.1, -0.05) is 11.8 Å². The molecule has 0 amide bonds. The van der Waals surface area contributed by atoms with E-state index in [4.69, 9.17) is 5.14 Å². The first-order chi connectivity index (χ1) is 7.55. The molecule has 3 N–H and O–H groups in total. The average Bonchev–Trinajstić information content (AvgIpc) is 2.70. The molecule has 0 saturated heterocycles. The molecule has 0 fully saturated rings. The molecule has 2 rings (SSSR count). The number of aliphatic imine (C=N–C) groups is 1. The fraction of sp³-hybridized carbons (Fsp3) is 0.222. The Morgan fingerprint density at radius 2 is 2.00 bits per heavy atom. The summed E-state index contributed by atoms with van der Waals surface area (Å²) in [6.07, 6.45) is 0. The molecule has 86 valence electrons. The highest BCUT2D eigenvalue weighted by Gasteiger charge is 2.09. The average molecular weight is 257 g/mol.